The zero-order valence-corrected chi connectivity index (χ0v) is 11.7. The maximum Gasteiger partial charge on any atom is 0.194 e. The van der Waals surface area contributed by atoms with Crippen molar-refractivity contribution in [2.24, 2.45) is 5.73 Å². The van der Waals surface area contributed by atoms with Gasteiger partial charge in [0.2, 0.25) is 0 Å². The highest BCUT2D eigenvalue weighted by Crippen LogP contribution is 2.29. The van der Waals surface area contributed by atoms with E-state index in [1.54, 1.807) is 18.4 Å². The third-order valence-electron chi connectivity index (χ3n) is 3.17. The first-order valence-corrected chi connectivity index (χ1v) is 6.92. The van der Waals surface area contributed by atoms with E-state index in [0.717, 1.165) is 27.7 Å². The standard InChI is InChI=1S/C14H15N3OS/c1-9-8-19-14-16-13(12(7-15)17(9)14)10-4-3-5-11(6-10)18-2/h3-6,8H,7,15H2,1-2H3. The van der Waals surface area contributed by atoms with Crippen LogP contribution in [-0.4, -0.2) is 16.5 Å². The zero-order valence-electron chi connectivity index (χ0n) is 10.9. The van der Waals surface area contributed by atoms with Crippen LogP contribution in [-0.2, 0) is 6.54 Å². The van der Waals surface area contributed by atoms with Gasteiger partial charge in [0.1, 0.15) is 5.75 Å². The molecule has 0 saturated carbocycles. The summed E-state index contributed by atoms with van der Waals surface area (Å²) >= 11 is 1.63. The van der Waals surface area contributed by atoms with Gasteiger partial charge in [0.15, 0.2) is 4.96 Å². The molecule has 3 aromatic rings. The SMILES string of the molecule is COc1cccc(-c2nc3scc(C)n3c2CN)c1. The average molecular weight is 273 g/mol. The maximum absolute atomic E-state index is 5.91. The van der Waals surface area contributed by atoms with Crippen molar-refractivity contribution in [3.63, 3.8) is 0 Å². The summed E-state index contributed by atoms with van der Waals surface area (Å²) in [5.74, 6) is 0.827. The fraction of sp³-hybridized carbons (Fsp3) is 0.214. The fourth-order valence-electron chi connectivity index (χ4n) is 2.25. The molecule has 0 aliphatic carbocycles. The molecular weight excluding hydrogens is 258 g/mol. The van der Waals surface area contributed by atoms with E-state index in [1.165, 1.54) is 5.69 Å². The molecule has 0 amide bonds. The third kappa shape index (κ3) is 1.91. The normalized spacial score (nSPS) is 11.1. The molecule has 2 heterocycles. The van der Waals surface area contributed by atoms with Gasteiger partial charge >= 0.3 is 0 Å². The fourth-order valence-corrected chi connectivity index (χ4v) is 3.14. The van der Waals surface area contributed by atoms with E-state index in [-0.39, 0.29) is 0 Å². The number of fused-ring (bicyclic) bond motifs is 1. The maximum atomic E-state index is 5.91. The molecule has 4 nitrogen and oxygen atoms in total. The van der Waals surface area contributed by atoms with Gasteiger partial charge in [0.25, 0.3) is 0 Å². The van der Waals surface area contributed by atoms with E-state index in [2.05, 4.69) is 16.7 Å². The molecule has 0 aliphatic rings. The summed E-state index contributed by atoms with van der Waals surface area (Å²) in [6, 6.07) is 7.91. The molecule has 19 heavy (non-hydrogen) atoms. The molecule has 0 bridgehead atoms. The summed E-state index contributed by atoms with van der Waals surface area (Å²) in [7, 11) is 1.67. The number of aromatic nitrogens is 2. The van der Waals surface area contributed by atoms with Gasteiger partial charge in [-0.05, 0) is 19.1 Å². The van der Waals surface area contributed by atoms with Gasteiger partial charge in [-0.3, -0.25) is 4.40 Å². The third-order valence-corrected chi connectivity index (χ3v) is 4.11. The summed E-state index contributed by atoms with van der Waals surface area (Å²) in [5.41, 5.74) is 10.1. The van der Waals surface area contributed by atoms with Crippen molar-refractivity contribution in [2.75, 3.05) is 7.11 Å². The van der Waals surface area contributed by atoms with Gasteiger partial charge < -0.3 is 10.5 Å². The van der Waals surface area contributed by atoms with E-state index in [4.69, 9.17) is 15.5 Å². The predicted octanol–water partition coefficient (Wildman–Crippen LogP) is 2.84. The van der Waals surface area contributed by atoms with Crippen molar-refractivity contribution in [1.29, 1.82) is 0 Å². The van der Waals surface area contributed by atoms with Crippen molar-refractivity contribution in [3.05, 3.63) is 41.0 Å². The summed E-state index contributed by atoms with van der Waals surface area (Å²) in [6.45, 7) is 2.53. The number of nitrogens with zero attached hydrogens (tertiary/aromatic N) is 2. The lowest BCUT2D eigenvalue weighted by Gasteiger charge is -2.05. The number of imidazole rings is 1. The van der Waals surface area contributed by atoms with Crippen LogP contribution in [0.15, 0.2) is 29.6 Å². The molecule has 0 radical (unpaired) electrons. The number of ether oxygens (including phenoxy) is 1. The lowest BCUT2D eigenvalue weighted by Crippen LogP contribution is -2.03. The molecule has 0 fully saturated rings. The summed E-state index contributed by atoms with van der Waals surface area (Å²) < 4.78 is 7.39. The number of methoxy groups -OCH3 is 1. The van der Waals surface area contributed by atoms with E-state index in [9.17, 15) is 0 Å². The van der Waals surface area contributed by atoms with Gasteiger partial charge in [0.05, 0.1) is 18.5 Å². The Morgan fingerprint density at radius 3 is 3.00 bits per heavy atom. The summed E-state index contributed by atoms with van der Waals surface area (Å²) in [6.07, 6.45) is 0. The van der Waals surface area contributed by atoms with Gasteiger partial charge in [-0.1, -0.05) is 12.1 Å². The van der Waals surface area contributed by atoms with Gasteiger partial charge in [-0.2, -0.15) is 0 Å². The van der Waals surface area contributed by atoms with Crippen LogP contribution in [0.1, 0.15) is 11.4 Å². The second-order valence-corrected chi connectivity index (χ2v) is 5.17. The molecule has 0 saturated heterocycles. The smallest absolute Gasteiger partial charge is 0.194 e. The molecule has 0 atom stereocenters. The Hall–Kier alpha value is -1.85. The molecule has 1 aromatic carbocycles. The highest BCUT2D eigenvalue weighted by Gasteiger charge is 2.15. The summed E-state index contributed by atoms with van der Waals surface area (Å²) in [5, 5.41) is 2.09. The van der Waals surface area contributed by atoms with Gasteiger partial charge in [-0.25, -0.2) is 4.98 Å². The number of hydrogen-bond acceptors (Lipinski definition) is 4. The number of nitrogens with two attached hydrogens (primary N) is 1. The van der Waals surface area contributed by atoms with Crippen LogP contribution < -0.4 is 10.5 Å². The van der Waals surface area contributed by atoms with Crippen molar-refractivity contribution in [2.45, 2.75) is 13.5 Å². The molecule has 3 rings (SSSR count). The number of thiazole rings is 1. The van der Waals surface area contributed by atoms with Gasteiger partial charge in [-0.15, -0.1) is 11.3 Å². The molecule has 0 unspecified atom stereocenters. The zero-order chi connectivity index (χ0) is 13.4. The molecule has 2 aromatic heterocycles. The van der Waals surface area contributed by atoms with Crippen LogP contribution >= 0.6 is 11.3 Å². The van der Waals surface area contributed by atoms with Crippen molar-refractivity contribution in [1.82, 2.24) is 9.38 Å². The van der Waals surface area contributed by atoms with E-state index in [1.807, 2.05) is 24.3 Å². The molecule has 0 aliphatic heterocycles. The second-order valence-electron chi connectivity index (χ2n) is 4.34. The quantitative estimate of drug-likeness (QED) is 0.798. The second kappa shape index (κ2) is 4.68. The molecule has 0 spiro atoms. The van der Waals surface area contributed by atoms with Gasteiger partial charge in [0, 0.05) is 23.2 Å². The van der Waals surface area contributed by atoms with E-state index < -0.39 is 0 Å². The summed E-state index contributed by atoms with van der Waals surface area (Å²) in [4.78, 5) is 5.68. The number of rotatable bonds is 3. The first kappa shape index (κ1) is 12.2. The minimum absolute atomic E-state index is 0.464. The minimum atomic E-state index is 0.464. The molecule has 98 valence electrons. The largest absolute Gasteiger partial charge is 0.497 e. The monoisotopic (exact) mass is 273 g/mol. The molecule has 2 N–H and O–H groups in total. The number of aryl methyl sites for hydroxylation is 1. The van der Waals surface area contributed by atoms with Crippen molar-refractivity contribution >= 4 is 16.3 Å². The predicted molar refractivity (Wildman–Crippen MR) is 77.7 cm³/mol. The Bertz CT molecular complexity index is 729. The first-order valence-electron chi connectivity index (χ1n) is 6.04. The number of hydrogen-bond donors (Lipinski definition) is 1. The lowest BCUT2D eigenvalue weighted by molar-refractivity contribution is 0.415. The Labute approximate surface area is 115 Å². The number of benzene rings is 1. The molecular formula is C14H15N3OS. The van der Waals surface area contributed by atoms with Crippen LogP contribution in [0.3, 0.4) is 0 Å². The average Bonchev–Trinajstić information content (AvgIpc) is 2.99. The van der Waals surface area contributed by atoms with E-state index in [0.29, 0.717) is 6.54 Å². The molecule has 5 heteroatoms. The Kier molecular flexibility index (Phi) is 3.00. The van der Waals surface area contributed by atoms with Crippen LogP contribution in [0.5, 0.6) is 5.75 Å². The van der Waals surface area contributed by atoms with Crippen LogP contribution in [0.4, 0.5) is 0 Å². The van der Waals surface area contributed by atoms with Crippen LogP contribution in [0.2, 0.25) is 0 Å². The highest BCUT2D eigenvalue weighted by atomic mass is 32.1. The topological polar surface area (TPSA) is 52.5 Å². The Morgan fingerprint density at radius 1 is 1.42 bits per heavy atom. The van der Waals surface area contributed by atoms with E-state index >= 15 is 0 Å². The Balaban J connectivity index is 2.23. The van der Waals surface area contributed by atoms with Crippen LogP contribution in [0.25, 0.3) is 16.2 Å². The lowest BCUT2D eigenvalue weighted by atomic mass is 10.1. The Morgan fingerprint density at radius 2 is 2.26 bits per heavy atom. The van der Waals surface area contributed by atoms with Crippen molar-refractivity contribution < 1.29 is 4.74 Å². The van der Waals surface area contributed by atoms with Crippen molar-refractivity contribution in [3.8, 4) is 17.0 Å². The highest BCUT2D eigenvalue weighted by molar-refractivity contribution is 7.15. The minimum Gasteiger partial charge on any atom is -0.497 e. The van der Waals surface area contributed by atoms with Crippen LogP contribution in [0, 0.1) is 6.92 Å². The first-order chi connectivity index (χ1) is 9.24.